The summed E-state index contributed by atoms with van der Waals surface area (Å²) in [5.74, 6) is -0.0308. The van der Waals surface area contributed by atoms with E-state index < -0.39 is 0 Å². The summed E-state index contributed by atoms with van der Waals surface area (Å²) in [6, 6.07) is 8.71. The Labute approximate surface area is 121 Å². The molecule has 0 saturated carbocycles. The number of rotatable bonds is 6. The molecule has 0 aliphatic carbocycles. The van der Waals surface area contributed by atoms with Crippen molar-refractivity contribution in [2.75, 3.05) is 25.0 Å². The second-order valence-electron chi connectivity index (χ2n) is 5.43. The lowest BCUT2D eigenvalue weighted by molar-refractivity contribution is -0.114. The minimum atomic E-state index is -0.0308. The van der Waals surface area contributed by atoms with Crippen molar-refractivity contribution in [1.82, 2.24) is 10.2 Å². The van der Waals surface area contributed by atoms with Crippen LogP contribution >= 0.6 is 0 Å². The van der Waals surface area contributed by atoms with Gasteiger partial charge < -0.3 is 10.6 Å². The van der Waals surface area contributed by atoms with Gasteiger partial charge in [0.05, 0.1) is 0 Å². The molecule has 1 aliphatic heterocycles. The highest BCUT2D eigenvalue weighted by Crippen LogP contribution is 2.16. The predicted octanol–water partition coefficient (Wildman–Crippen LogP) is 2.22. The van der Waals surface area contributed by atoms with Crippen molar-refractivity contribution in [3.05, 3.63) is 29.8 Å². The monoisotopic (exact) mass is 275 g/mol. The van der Waals surface area contributed by atoms with Gasteiger partial charge in [-0.25, -0.2) is 0 Å². The first-order valence-electron chi connectivity index (χ1n) is 7.50. The Balaban J connectivity index is 1.75. The smallest absolute Gasteiger partial charge is 0.221 e. The number of anilines is 1. The van der Waals surface area contributed by atoms with Crippen LogP contribution in [0.4, 0.5) is 5.69 Å². The average Bonchev–Trinajstić information content (AvgIpc) is 2.87. The van der Waals surface area contributed by atoms with Crippen LogP contribution in [0.5, 0.6) is 0 Å². The van der Waals surface area contributed by atoms with Crippen LogP contribution in [0.25, 0.3) is 0 Å². The topological polar surface area (TPSA) is 44.4 Å². The Bertz CT molecular complexity index is 430. The van der Waals surface area contributed by atoms with Gasteiger partial charge in [-0.15, -0.1) is 0 Å². The highest BCUT2D eigenvalue weighted by molar-refractivity contribution is 5.88. The van der Waals surface area contributed by atoms with Crippen molar-refractivity contribution in [2.24, 2.45) is 0 Å². The van der Waals surface area contributed by atoms with Gasteiger partial charge in [0.15, 0.2) is 0 Å². The summed E-state index contributed by atoms with van der Waals surface area (Å²) in [4.78, 5) is 13.5. The lowest BCUT2D eigenvalue weighted by Gasteiger charge is -2.23. The van der Waals surface area contributed by atoms with Crippen molar-refractivity contribution in [1.29, 1.82) is 0 Å². The molecule has 1 atom stereocenters. The number of carbonyl (C=O) groups excluding carboxylic acids is 1. The quantitative estimate of drug-likeness (QED) is 0.836. The first-order valence-corrected chi connectivity index (χ1v) is 7.50. The van der Waals surface area contributed by atoms with Gasteiger partial charge in [0, 0.05) is 31.7 Å². The largest absolute Gasteiger partial charge is 0.326 e. The molecule has 20 heavy (non-hydrogen) atoms. The number of likely N-dealkylation sites (N-methyl/N-ethyl adjacent to an activating group) is 1. The number of likely N-dealkylation sites (tertiary alicyclic amines) is 1. The van der Waals surface area contributed by atoms with Gasteiger partial charge in [-0.2, -0.15) is 0 Å². The van der Waals surface area contributed by atoms with E-state index in [0.717, 1.165) is 25.3 Å². The molecule has 0 aromatic heterocycles. The van der Waals surface area contributed by atoms with E-state index in [4.69, 9.17) is 0 Å². The number of nitrogens with one attached hydrogen (secondary N) is 2. The normalized spacial score (nSPS) is 19.2. The van der Waals surface area contributed by atoms with Crippen LogP contribution in [-0.2, 0) is 11.3 Å². The molecule has 1 amide bonds. The molecular formula is C16H25N3O. The molecule has 1 aromatic rings. The third kappa shape index (κ3) is 4.32. The van der Waals surface area contributed by atoms with Crippen molar-refractivity contribution < 1.29 is 4.79 Å². The molecule has 0 radical (unpaired) electrons. The molecule has 0 spiro atoms. The van der Waals surface area contributed by atoms with Gasteiger partial charge in [0.1, 0.15) is 0 Å². The summed E-state index contributed by atoms with van der Waals surface area (Å²) in [7, 11) is 0. The summed E-state index contributed by atoms with van der Waals surface area (Å²) < 4.78 is 0. The van der Waals surface area contributed by atoms with Crippen molar-refractivity contribution in [3.8, 4) is 0 Å². The van der Waals surface area contributed by atoms with Crippen LogP contribution in [0.15, 0.2) is 24.3 Å². The number of hydrogen-bond acceptors (Lipinski definition) is 3. The third-order valence-corrected chi connectivity index (χ3v) is 3.89. The molecule has 1 saturated heterocycles. The van der Waals surface area contributed by atoms with Crippen molar-refractivity contribution in [2.45, 2.75) is 39.3 Å². The Morgan fingerprint density at radius 1 is 1.35 bits per heavy atom. The zero-order valence-electron chi connectivity index (χ0n) is 12.5. The Hall–Kier alpha value is -1.39. The number of nitrogens with zero attached hydrogens (tertiary/aromatic N) is 1. The van der Waals surface area contributed by atoms with Crippen LogP contribution in [0, 0.1) is 0 Å². The molecule has 2 N–H and O–H groups in total. The van der Waals surface area contributed by atoms with E-state index in [1.165, 1.54) is 31.9 Å². The molecule has 1 aliphatic rings. The van der Waals surface area contributed by atoms with E-state index in [-0.39, 0.29) is 5.91 Å². The second-order valence-corrected chi connectivity index (χ2v) is 5.43. The van der Waals surface area contributed by atoms with Crippen molar-refractivity contribution in [3.63, 3.8) is 0 Å². The molecule has 1 heterocycles. The third-order valence-electron chi connectivity index (χ3n) is 3.89. The maximum atomic E-state index is 10.9. The maximum absolute atomic E-state index is 10.9. The van der Waals surface area contributed by atoms with E-state index in [1.807, 2.05) is 12.1 Å². The van der Waals surface area contributed by atoms with Crippen LogP contribution in [-0.4, -0.2) is 36.5 Å². The average molecular weight is 275 g/mol. The van der Waals surface area contributed by atoms with Crippen molar-refractivity contribution >= 4 is 11.6 Å². The van der Waals surface area contributed by atoms with E-state index in [1.54, 1.807) is 0 Å². The fourth-order valence-electron chi connectivity index (χ4n) is 2.83. The molecule has 4 heteroatoms. The lowest BCUT2D eigenvalue weighted by atomic mass is 10.2. The lowest BCUT2D eigenvalue weighted by Crippen LogP contribution is -2.37. The molecule has 1 aromatic carbocycles. The Morgan fingerprint density at radius 3 is 2.75 bits per heavy atom. The number of carbonyl (C=O) groups is 1. The van der Waals surface area contributed by atoms with E-state index >= 15 is 0 Å². The van der Waals surface area contributed by atoms with Gasteiger partial charge in [-0.3, -0.25) is 9.69 Å². The van der Waals surface area contributed by atoms with Gasteiger partial charge in [-0.1, -0.05) is 19.1 Å². The number of benzene rings is 1. The van der Waals surface area contributed by atoms with E-state index in [9.17, 15) is 4.79 Å². The van der Waals surface area contributed by atoms with Gasteiger partial charge in [0.25, 0.3) is 0 Å². The molecule has 110 valence electrons. The highest BCUT2D eigenvalue weighted by Gasteiger charge is 2.21. The summed E-state index contributed by atoms with van der Waals surface area (Å²) in [6.07, 6.45) is 2.63. The molecular weight excluding hydrogens is 250 g/mol. The van der Waals surface area contributed by atoms with E-state index in [0.29, 0.717) is 6.04 Å². The fourth-order valence-corrected chi connectivity index (χ4v) is 2.83. The van der Waals surface area contributed by atoms with Gasteiger partial charge in [-0.05, 0) is 43.6 Å². The standard InChI is InChI=1S/C16H25N3O/c1-3-19-10-4-5-16(19)12-17-11-14-6-8-15(9-7-14)18-13(2)20/h6-9,16-17H,3-5,10-12H2,1-2H3,(H,18,20)/t16-/m1/s1. The van der Waals surface area contributed by atoms with E-state index in [2.05, 4.69) is 34.6 Å². The van der Waals surface area contributed by atoms with Crippen LogP contribution in [0.1, 0.15) is 32.3 Å². The Kier molecular flexibility index (Phi) is 5.56. The Morgan fingerprint density at radius 2 is 2.10 bits per heavy atom. The van der Waals surface area contributed by atoms with Gasteiger partial charge >= 0.3 is 0 Å². The molecule has 0 unspecified atom stereocenters. The molecule has 1 fully saturated rings. The number of amides is 1. The van der Waals surface area contributed by atoms with Crippen LogP contribution < -0.4 is 10.6 Å². The maximum Gasteiger partial charge on any atom is 0.221 e. The zero-order valence-corrected chi connectivity index (χ0v) is 12.5. The SMILES string of the molecule is CCN1CCC[C@@H]1CNCc1ccc(NC(C)=O)cc1. The minimum Gasteiger partial charge on any atom is -0.326 e. The van der Waals surface area contributed by atoms with Gasteiger partial charge in [0.2, 0.25) is 5.91 Å². The molecule has 4 nitrogen and oxygen atoms in total. The molecule has 0 bridgehead atoms. The number of hydrogen-bond donors (Lipinski definition) is 2. The zero-order chi connectivity index (χ0) is 14.4. The predicted molar refractivity (Wildman–Crippen MR) is 82.7 cm³/mol. The summed E-state index contributed by atoms with van der Waals surface area (Å²) in [5, 5.41) is 6.32. The summed E-state index contributed by atoms with van der Waals surface area (Å²) in [6.45, 7) is 8.09. The summed E-state index contributed by atoms with van der Waals surface area (Å²) in [5.41, 5.74) is 2.11. The van der Waals surface area contributed by atoms with Crippen LogP contribution in [0.2, 0.25) is 0 Å². The first kappa shape index (κ1) is 15.0. The second kappa shape index (κ2) is 7.41. The highest BCUT2D eigenvalue weighted by atomic mass is 16.1. The first-order chi connectivity index (χ1) is 9.69. The summed E-state index contributed by atoms with van der Waals surface area (Å²) >= 11 is 0. The minimum absolute atomic E-state index is 0.0308. The molecule has 2 rings (SSSR count). The van der Waals surface area contributed by atoms with Crippen LogP contribution in [0.3, 0.4) is 0 Å². The fraction of sp³-hybridized carbons (Fsp3) is 0.562.